The molecule has 0 bridgehead atoms. The van der Waals surface area contributed by atoms with Gasteiger partial charge >= 0.3 is 6.18 Å². The third-order valence-corrected chi connectivity index (χ3v) is 2.61. The molecule has 1 amide bonds. The maximum atomic E-state index is 12.4. The van der Waals surface area contributed by atoms with Crippen molar-refractivity contribution in [1.82, 2.24) is 15.6 Å². The average molecular weight is 317 g/mol. The maximum absolute atomic E-state index is 12.4. The number of halogens is 4. The molecule has 0 atom stereocenters. The summed E-state index contributed by atoms with van der Waals surface area (Å²) in [5.41, 5.74) is 3.98. The summed E-state index contributed by atoms with van der Waals surface area (Å²) in [6.45, 7) is 0. The first-order chi connectivity index (χ1) is 9.86. The number of nitrogens with one attached hydrogen (secondary N) is 2. The van der Waals surface area contributed by atoms with Gasteiger partial charge in [0.05, 0.1) is 5.56 Å². The van der Waals surface area contributed by atoms with Gasteiger partial charge in [-0.15, -0.1) is 10.2 Å². The molecule has 110 valence electrons. The second kappa shape index (κ2) is 5.96. The van der Waals surface area contributed by atoms with Gasteiger partial charge < -0.3 is 0 Å². The van der Waals surface area contributed by atoms with Crippen molar-refractivity contribution in [2.45, 2.75) is 6.18 Å². The maximum Gasteiger partial charge on any atom is 0.416 e. The Kier molecular flexibility index (Phi) is 4.27. The minimum absolute atomic E-state index is 0.0671. The van der Waals surface area contributed by atoms with Crippen LogP contribution >= 0.6 is 11.6 Å². The van der Waals surface area contributed by atoms with E-state index >= 15 is 0 Å². The molecule has 0 spiro atoms. The lowest BCUT2D eigenvalue weighted by Gasteiger charge is -2.09. The molecule has 1 aromatic carbocycles. The third kappa shape index (κ3) is 4.06. The fraction of sp³-hybridized carbons (Fsp3) is 0.0833. The van der Waals surface area contributed by atoms with E-state index in [9.17, 15) is 18.0 Å². The zero-order chi connectivity index (χ0) is 15.5. The van der Waals surface area contributed by atoms with E-state index in [0.29, 0.717) is 0 Å². The summed E-state index contributed by atoms with van der Waals surface area (Å²) in [5, 5.41) is 7.37. The SMILES string of the molecule is O=C(NNc1ccc(Cl)nn1)c1ccc(C(F)(F)F)cc1. The highest BCUT2D eigenvalue weighted by Gasteiger charge is 2.30. The molecule has 1 heterocycles. The van der Waals surface area contributed by atoms with Crippen LogP contribution in [-0.4, -0.2) is 16.1 Å². The predicted molar refractivity (Wildman–Crippen MR) is 69.6 cm³/mol. The number of hydrogen-bond acceptors (Lipinski definition) is 4. The van der Waals surface area contributed by atoms with Crippen LogP contribution in [0.2, 0.25) is 5.15 Å². The van der Waals surface area contributed by atoms with E-state index in [-0.39, 0.29) is 16.5 Å². The van der Waals surface area contributed by atoms with Crippen molar-refractivity contribution >= 4 is 23.3 Å². The van der Waals surface area contributed by atoms with Gasteiger partial charge in [0, 0.05) is 5.56 Å². The number of hydrogen-bond donors (Lipinski definition) is 2. The monoisotopic (exact) mass is 316 g/mol. The number of carbonyl (C=O) groups excluding carboxylic acids is 1. The Morgan fingerprint density at radius 2 is 1.71 bits per heavy atom. The van der Waals surface area contributed by atoms with E-state index in [2.05, 4.69) is 21.0 Å². The lowest BCUT2D eigenvalue weighted by molar-refractivity contribution is -0.137. The van der Waals surface area contributed by atoms with Crippen molar-refractivity contribution in [2.24, 2.45) is 0 Å². The summed E-state index contributed by atoms with van der Waals surface area (Å²) in [7, 11) is 0. The van der Waals surface area contributed by atoms with Crippen LogP contribution in [-0.2, 0) is 6.18 Å². The Labute approximate surface area is 122 Å². The van der Waals surface area contributed by atoms with Crippen LogP contribution in [0.1, 0.15) is 15.9 Å². The van der Waals surface area contributed by atoms with Gasteiger partial charge in [-0.3, -0.25) is 15.6 Å². The Hall–Kier alpha value is -2.35. The third-order valence-electron chi connectivity index (χ3n) is 2.41. The minimum atomic E-state index is -4.44. The standard InChI is InChI=1S/C12H8ClF3N4O/c13-9-5-6-10(18-17-9)19-20-11(21)7-1-3-8(4-2-7)12(14,15)16/h1-6H,(H,18,19)(H,20,21). The van der Waals surface area contributed by atoms with Crippen LogP contribution in [0.4, 0.5) is 19.0 Å². The molecule has 0 saturated heterocycles. The second-order valence-electron chi connectivity index (χ2n) is 3.90. The molecule has 2 rings (SSSR count). The number of aromatic nitrogens is 2. The zero-order valence-corrected chi connectivity index (χ0v) is 11.0. The van der Waals surface area contributed by atoms with Crippen molar-refractivity contribution in [3.05, 3.63) is 52.7 Å². The summed E-state index contributed by atoms with van der Waals surface area (Å²) in [6.07, 6.45) is -4.44. The number of alkyl halides is 3. The molecular weight excluding hydrogens is 309 g/mol. The number of anilines is 1. The van der Waals surface area contributed by atoms with Gasteiger partial charge in [0.2, 0.25) is 0 Å². The van der Waals surface area contributed by atoms with Crippen molar-refractivity contribution in [2.75, 3.05) is 5.43 Å². The van der Waals surface area contributed by atoms with Gasteiger partial charge in [-0.05, 0) is 36.4 Å². The number of hydrazine groups is 1. The van der Waals surface area contributed by atoms with Crippen molar-refractivity contribution in [3.8, 4) is 0 Å². The first-order valence-electron chi connectivity index (χ1n) is 5.59. The minimum Gasteiger partial charge on any atom is -0.280 e. The summed E-state index contributed by atoms with van der Waals surface area (Å²) in [5.74, 6) is -0.375. The Bertz CT molecular complexity index is 628. The van der Waals surface area contributed by atoms with Crippen molar-refractivity contribution in [3.63, 3.8) is 0 Å². The molecule has 0 fully saturated rings. The van der Waals surface area contributed by atoms with Gasteiger partial charge in [-0.1, -0.05) is 11.6 Å². The molecular formula is C12H8ClF3N4O. The molecule has 0 saturated carbocycles. The quantitative estimate of drug-likeness (QED) is 0.854. The Morgan fingerprint density at radius 3 is 2.24 bits per heavy atom. The van der Waals surface area contributed by atoms with Gasteiger partial charge in [-0.2, -0.15) is 13.2 Å². The van der Waals surface area contributed by atoms with Crippen LogP contribution in [0.25, 0.3) is 0 Å². The Balaban J connectivity index is 1.99. The second-order valence-corrected chi connectivity index (χ2v) is 4.28. The van der Waals surface area contributed by atoms with Gasteiger partial charge in [0.15, 0.2) is 11.0 Å². The molecule has 2 aromatic rings. The molecule has 1 aromatic heterocycles. The predicted octanol–water partition coefficient (Wildman–Crippen LogP) is 2.91. The van der Waals surface area contributed by atoms with E-state index in [0.717, 1.165) is 24.3 Å². The molecule has 2 N–H and O–H groups in total. The molecule has 21 heavy (non-hydrogen) atoms. The van der Waals surface area contributed by atoms with E-state index in [4.69, 9.17) is 11.6 Å². The molecule has 0 unspecified atom stereocenters. The smallest absolute Gasteiger partial charge is 0.280 e. The summed E-state index contributed by atoms with van der Waals surface area (Å²) < 4.78 is 37.2. The highest BCUT2D eigenvalue weighted by atomic mass is 35.5. The zero-order valence-electron chi connectivity index (χ0n) is 10.3. The van der Waals surface area contributed by atoms with Crippen molar-refractivity contribution in [1.29, 1.82) is 0 Å². The van der Waals surface area contributed by atoms with E-state index < -0.39 is 17.6 Å². The molecule has 0 aliphatic rings. The topological polar surface area (TPSA) is 66.9 Å². The van der Waals surface area contributed by atoms with Gasteiger partial charge in [0.25, 0.3) is 5.91 Å². The Morgan fingerprint density at radius 1 is 1.05 bits per heavy atom. The van der Waals surface area contributed by atoms with E-state index in [1.165, 1.54) is 12.1 Å². The van der Waals surface area contributed by atoms with Crippen molar-refractivity contribution < 1.29 is 18.0 Å². The molecule has 0 aliphatic heterocycles. The fourth-order valence-electron chi connectivity index (χ4n) is 1.39. The number of carbonyl (C=O) groups is 1. The highest BCUT2D eigenvalue weighted by Crippen LogP contribution is 2.29. The first kappa shape index (κ1) is 15.0. The lowest BCUT2D eigenvalue weighted by atomic mass is 10.1. The van der Waals surface area contributed by atoms with E-state index in [1.807, 2.05) is 0 Å². The molecule has 0 aliphatic carbocycles. The summed E-state index contributed by atoms with van der Waals surface area (Å²) >= 11 is 5.54. The average Bonchev–Trinajstić information content (AvgIpc) is 2.45. The van der Waals surface area contributed by atoms with Crippen LogP contribution < -0.4 is 10.9 Å². The fourth-order valence-corrected chi connectivity index (χ4v) is 1.49. The van der Waals surface area contributed by atoms with Crippen LogP contribution in [0.5, 0.6) is 0 Å². The van der Waals surface area contributed by atoms with Gasteiger partial charge in [0.1, 0.15) is 0 Å². The van der Waals surface area contributed by atoms with E-state index in [1.54, 1.807) is 0 Å². The normalized spacial score (nSPS) is 11.0. The van der Waals surface area contributed by atoms with Crippen LogP contribution in [0.15, 0.2) is 36.4 Å². The van der Waals surface area contributed by atoms with Gasteiger partial charge in [-0.25, -0.2) is 0 Å². The summed E-state index contributed by atoms with van der Waals surface area (Å²) in [4.78, 5) is 11.7. The molecule has 0 radical (unpaired) electrons. The number of amides is 1. The van der Waals surface area contributed by atoms with Crippen LogP contribution in [0.3, 0.4) is 0 Å². The summed E-state index contributed by atoms with van der Waals surface area (Å²) in [6, 6.07) is 6.75. The largest absolute Gasteiger partial charge is 0.416 e. The number of rotatable bonds is 3. The first-order valence-corrected chi connectivity index (χ1v) is 5.97. The number of benzene rings is 1. The van der Waals surface area contributed by atoms with Crippen LogP contribution in [0, 0.1) is 0 Å². The molecule has 5 nitrogen and oxygen atoms in total. The highest BCUT2D eigenvalue weighted by molar-refractivity contribution is 6.29. The molecule has 9 heteroatoms. The number of nitrogens with zero attached hydrogens (tertiary/aromatic N) is 2. The lowest BCUT2D eigenvalue weighted by Crippen LogP contribution is -2.29.